The molecule has 1 aromatic carbocycles. The van der Waals surface area contributed by atoms with Crippen LogP contribution in [0.3, 0.4) is 0 Å². The maximum absolute atomic E-state index is 11.7. The fourth-order valence-electron chi connectivity index (χ4n) is 2.08. The molecule has 0 N–H and O–H groups in total. The highest BCUT2D eigenvalue weighted by molar-refractivity contribution is 5.90. The molecule has 0 atom stereocenters. The zero-order chi connectivity index (χ0) is 12.5. The number of ether oxygens (including phenoxy) is 1. The van der Waals surface area contributed by atoms with E-state index in [0.29, 0.717) is 37.6 Å². The molecule has 2 aromatic rings. The van der Waals surface area contributed by atoms with Gasteiger partial charge in [-0.15, -0.1) is 0 Å². The molecular weight excluding hydrogens is 218 g/mol. The number of hydrogen-bond acceptors (Lipinski definition) is 4. The van der Waals surface area contributed by atoms with Gasteiger partial charge in [0.15, 0.2) is 0 Å². The molecule has 1 fully saturated rings. The number of anilines is 1. The van der Waals surface area contributed by atoms with E-state index < -0.39 is 5.63 Å². The van der Waals surface area contributed by atoms with Gasteiger partial charge >= 0.3 is 5.63 Å². The molecule has 1 aliphatic rings. The van der Waals surface area contributed by atoms with E-state index in [4.69, 9.17) is 10.5 Å². The Bertz CT molecular complexity index is 632. The first-order chi connectivity index (χ1) is 8.77. The van der Waals surface area contributed by atoms with Crippen molar-refractivity contribution >= 4 is 16.7 Å². The Labute approximate surface area is 99.8 Å². The van der Waals surface area contributed by atoms with Crippen LogP contribution in [0, 0.1) is 0 Å². The summed E-state index contributed by atoms with van der Waals surface area (Å²) in [7, 11) is 0. The lowest BCUT2D eigenvalue weighted by atomic mass is 10.2. The average Bonchev–Trinajstić information content (AvgIpc) is 2.41. The van der Waals surface area contributed by atoms with Crippen molar-refractivity contribution in [2.24, 2.45) is 0 Å². The zero-order valence-corrected chi connectivity index (χ0v) is 9.31. The van der Waals surface area contributed by atoms with Gasteiger partial charge in [0, 0.05) is 24.5 Å². The first kappa shape index (κ1) is 9.24. The first-order valence-electron chi connectivity index (χ1n) is 6.12. The maximum Gasteiger partial charge on any atom is 0.338 e. The highest BCUT2D eigenvalue weighted by Gasteiger charge is 2.15. The number of rotatable bonds is 1. The molecule has 0 saturated carbocycles. The van der Waals surface area contributed by atoms with Crippen LogP contribution in [0.5, 0.6) is 0 Å². The molecule has 1 aliphatic heterocycles. The van der Waals surface area contributed by atoms with Gasteiger partial charge in [-0.2, -0.15) is 0 Å². The predicted octanol–water partition coefficient (Wildman–Crippen LogP) is 1.63. The number of hydrogen-bond donors (Lipinski definition) is 0. The largest absolute Gasteiger partial charge is 0.423 e. The average molecular weight is 232 g/mol. The van der Waals surface area contributed by atoms with E-state index in [1.165, 1.54) is 0 Å². The highest BCUT2D eigenvalue weighted by atomic mass is 16.5. The van der Waals surface area contributed by atoms with Crippen LogP contribution in [-0.2, 0) is 4.74 Å². The molecule has 0 aliphatic carbocycles. The van der Waals surface area contributed by atoms with Gasteiger partial charge in [0.25, 0.3) is 0 Å². The molecule has 17 heavy (non-hydrogen) atoms. The Morgan fingerprint density at radius 1 is 1.24 bits per heavy atom. The van der Waals surface area contributed by atoms with Gasteiger partial charge in [0.05, 0.1) is 20.3 Å². The van der Waals surface area contributed by atoms with Gasteiger partial charge < -0.3 is 14.1 Å². The summed E-state index contributed by atoms with van der Waals surface area (Å²) < 4.78 is 18.3. The van der Waals surface area contributed by atoms with Gasteiger partial charge in [0.2, 0.25) is 0 Å². The second-order valence-corrected chi connectivity index (χ2v) is 3.96. The molecule has 0 spiro atoms. The lowest BCUT2D eigenvalue weighted by molar-refractivity contribution is 0.123. The third-order valence-corrected chi connectivity index (χ3v) is 2.89. The Morgan fingerprint density at radius 2 is 2.00 bits per heavy atom. The number of nitrogens with zero attached hydrogens (tertiary/aromatic N) is 1. The second-order valence-electron chi connectivity index (χ2n) is 3.96. The fourth-order valence-corrected chi connectivity index (χ4v) is 2.08. The van der Waals surface area contributed by atoms with Crippen LogP contribution < -0.4 is 10.5 Å². The number of para-hydroxylation sites is 1. The molecule has 0 bridgehead atoms. The van der Waals surface area contributed by atoms with E-state index in [2.05, 4.69) is 0 Å². The van der Waals surface area contributed by atoms with Gasteiger partial charge in [-0.25, -0.2) is 4.79 Å². The van der Waals surface area contributed by atoms with Gasteiger partial charge in [-0.05, 0) is 12.1 Å². The minimum Gasteiger partial charge on any atom is -0.423 e. The van der Waals surface area contributed by atoms with Crippen LogP contribution in [0.25, 0.3) is 11.0 Å². The molecule has 88 valence electrons. The third-order valence-electron chi connectivity index (χ3n) is 2.89. The molecule has 0 unspecified atom stereocenters. The molecule has 0 radical (unpaired) electrons. The van der Waals surface area contributed by atoms with Crippen molar-refractivity contribution < 1.29 is 10.5 Å². The number of benzene rings is 1. The van der Waals surface area contributed by atoms with E-state index >= 15 is 0 Å². The van der Waals surface area contributed by atoms with E-state index in [1.54, 1.807) is 6.07 Å². The lowest BCUT2D eigenvalue weighted by Crippen LogP contribution is -2.36. The van der Waals surface area contributed by atoms with E-state index in [0.717, 1.165) is 5.39 Å². The summed E-state index contributed by atoms with van der Waals surface area (Å²) in [6, 6.07) is 7.25. The predicted molar refractivity (Wildman–Crippen MR) is 65.5 cm³/mol. The summed E-state index contributed by atoms with van der Waals surface area (Å²) in [5.41, 5.74) is 0.598. The summed E-state index contributed by atoms with van der Waals surface area (Å²) in [5, 5.41) is 0.809. The van der Waals surface area contributed by atoms with Gasteiger partial charge in [0.1, 0.15) is 5.58 Å². The van der Waals surface area contributed by atoms with Crippen molar-refractivity contribution in [3.63, 3.8) is 0 Å². The standard InChI is InChI=1S/C13H13NO3/c15-13-9-11(14-5-7-16-8-6-14)10-3-1-2-4-12(10)17-13/h1-4,9H,5-8H2/i9D. The maximum atomic E-state index is 11.7. The van der Waals surface area contributed by atoms with Crippen molar-refractivity contribution in [3.05, 3.63) is 40.7 Å². The Morgan fingerprint density at radius 3 is 2.82 bits per heavy atom. The molecule has 4 nitrogen and oxygen atoms in total. The summed E-state index contributed by atoms with van der Waals surface area (Å²) in [5.74, 6) is 0. The topological polar surface area (TPSA) is 42.7 Å². The molecule has 4 heteroatoms. The van der Waals surface area contributed by atoms with Crippen molar-refractivity contribution in [2.45, 2.75) is 0 Å². The smallest absolute Gasteiger partial charge is 0.338 e. The van der Waals surface area contributed by atoms with Crippen LogP contribution in [0.4, 0.5) is 5.69 Å². The van der Waals surface area contributed by atoms with Gasteiger partial charge in [-0.3, -0.25) is 0 Å². The minimum atomic E-state index is -0.588. The fraction of sp³-hybridized carbons (Fsp3) is 0.308. The summed E-state index contributed by atoms with van der Waals surface area (Å²) in [6.07, 6.45) is 0. The molecular formula is C13H13NO3. The summed E-state index contributed by atoms with van der Waals surface area (Å²) in [6.45, 7) is 2.63. The second kappa shape index (κ2) is 4.22. The van der Waals surface area contributed by atoms with E-state index in [-0.39, 0.29) is 6.04 Å². The molecule has 1 aromatic heterocycles. The van der Waals surface area contributed by atoms with Crippen LogP contribution in [0.1, 0.15) is 1.37 Å². The molecule has 2 heterocycles. The quantitative estimate of drug-likeness (QED) is 0.701. The van der Waals surface area contributed by atoms with Crippen molar-refractivity contribution in [3.8, 4) is 0 Å². The van der Waals surface area contributed by atoms with E-state index in [9.17, 15) is 4.79 Å². The minimum absolute atomic E-state index is 0.0735. The molecule has 3 rings (SSSR count). The van der Waals surface area contributed by atoms with Gasteiger partial charge in [-0.1, -0.05) is 12.1 Å². The molecule has 0 amide bonds. The van der Waals surface area contributed by atoms with Crippen LogP contribution in [0.2, 0.25) is 0 Å². The normalized spacial score (nSPS) is 17.2. The Balaban J connectivity index is 2.24. The Kier molecular flexibility index (Phi) is 2.29. The monoisotopic (exact) mass is 232 g/mol. The number of morpholine rings is 1. The van der Waals surface area contributed by atoms with Crippen LogP contribution in [0.15, 0.2) is 39.5 Å². The summed E-state index contributed by atoms with van der Waals surface area (Å²) >= 11 is 0. The van der Waals surface area contributed by atoms with Crippen LogP contribution in [-0.4, -0.2) is 26.3 Å². The molecule has 1 saturated heterocycles. The SMILES string of the molecule is [2H]c1c(N2CCOCC2)c2ccccc2oc1=O. The lowest BCUT2D eigenvalue weighted by Gasteiger charge is -2.29. The van der Waals surface area contributed by atoms with Crippen molar-refractivity contribution in [1.29, 1.82) is 0 Å². The zero-order valence-electron chi connectivity index (χ0n) is 10.3. The Hall–Kier alpha value is -1.81. The first-order valence-corrected chi connectivity index (χ1v) is 5.62. The van der Waals surface area contributed by atoms with E-state index in [1.807, 2.05) is 23.1 Å². The van der Waals surface area contributed by atoms with Crippen molar-refractivity contribution in [2.75, 3.05) is 31.2 Å². The van der Waals surface area contributed by atoms with Crippen molar-refractivity contribution in [1.82, 2.24) is 0 Å². The van der Waals surface area contributed by atoms with Crippen LogP contribution >= 0.6 is 0 Å². The highest BCUT2D eigenvalue weighted by Crippen LogP contribution is 2.25. The third kappa shape index (κ3) is 1.91. The summed E-state index contributed by atoms with van der Waals surface area (Å²) in [4.78, 5) is 13.7. The number of fused-ring (bicyclic) bond motifs is 1.